The molecule has 0 unspecified atom stereocenters. The van der Waals surface area contributed by atoms with Crippen LogP contribution in [0.2, 0.25) is 0 Å². The van der Waals surface area contributed by atoms with Gasteiger partial charge >= 0.3 is 0 Å². The van der Waals surface area contributed by atoms with Gasteiger partial charge in [0.25, 0.3) is 0 Å². The minimum atomic E-state index is -3.09. The molecule has 0 radical (unpaired) electrons. The normalized spacial score (nSPS) is 16.5. The molecule has 1 N–H and O–H groups in total. The lowest BCUT2D eigenvalue weighted by Crippen LogP contribution is -2.39. The van der Waals surface area contributed by atoms with E-state index in [4.69, 9.17) is 4.74 Å². The summed E-state index contributed by atoms with van der Waals surface area (Å²) in [5, 5.41) is 8.81. The minimum absolute atomic E-state index is 0.427. The van der Waals surface area contributed by atoms with Crippen LogP contribution in [0.4, 0.5) is 5.13 Å². The second-order valence-corrected chi connectivity index (χ2v) is 9.78. The molecule has 0 atom stereocenters. The van der Waals surface area contributed by atoms with Crippen molar-refractivity contribution in [1.82, 2.24) is 23.9 Å². The van der Waals surface area contributed by atoms with Crippen LogP contribution in [0.3, 0.4) is 0 Å². The maximum Gasteiger partial charge on any atom is 0.214 e. The molecule has 11 heteroatoms. The minimum Gasteiger partial charge on any atom is -0.495 e. The van der Waals surface area contributed by atoms with Gasteiger partial charge in [-0.05, 0) is 24.8 Å². The van der Waals surface area contributed by atoms with E-state index in [2.05, 4.69) is 20.4 Å². The van der Waals surface area contributed by atoms with Crippen LogP contribution in [0, 0.1) is 5.92 Å². The van der Waals surface area contributed by atoms with Gasteiger partial charge in [0.05, 0.1) is 31.5 Å². The average molecular weight is 423 g/mol. The molecular weight excluding hydrogens is 400 g/mol. The summed E-state index contributed by atoms with van der Waals surface area (Å²) in [6, 6.07) is 1.90. The van der Waals surface area contributed by atoms with Gasteiger partial charge in [-0.1, -0.05) is 11.3 Å². The Kier molecular flexibility index (Phi) is 5.21. The first-order valence-electron chi connectivity index (χ1n) is 8.97. The first-order valence-corrected chi connectivity index (χ1v) is 11.6. The van der Waals surface area contributed by atoms with Gasteiger partial charge in [0, 0.05) is 31.4 Å². The number of rotatable bonds is 6. The van der Waals surface area contributed by atoms with Gasteiger partial charge < -0.3 is 10.1 Å². The third-order valence-electron chi connectivity index (χ3n) is 4.91. The molecule has 0 aliphatic carbocycles. The van der Waals surface area contributed by atoms with Gasteiger partial charge in [-0.2, -0.15) is 0 Å². The van der Waals surface area contributed by atoms with Crippen LogP contribution in [0.15, 0.2) is 24.7 Å². The molecule has 3 aromatic rings. The van der Waals surface area contributed by atoms with Crippen LogP contribution in [0.25, 0.3) is 16.2 Å². The van der Waals surface area contributed by atoms with E-state index < -0.39 is 10.0 Å². The number of hydrogen-bond donors (Lipinski definition) is 1. The Bertz CT molecular complexity index is 1070. The summed E-state index contributed by atoms with van der Waals surface area (Å²) in [5.41, 5.74) is 1.74. The average Bonchev–Trinajstić information content (AvgIpc) is 3.26. The van der Waals surface area contributed by atoms with E-state index in [1.807, 2.05) is 6.07 Å². The quantitative estimate of drug-likeness (QED) is 0.648. The lowest BCUT2D eigenvalue weighted by Gasteiger charge is -2.30. The number of anilines is 1. The number of nitrogens with one attached hydrogen (secondary N) is 1. The summed E-state index contributed by atoms with van der Waals surface area (Å²) in [7, 11) is -1.48. The molecule has 0 aromatic carbocycles. The molecular formula is C17H22N6O3S2. The monoisotopic (exact) mass is 422 g/mol. The van der Waals surface area contributed by atoms with Crippen LogP contribution in [0.1, 0.15) is 12.8 Å². The Hall–Kier alpha value is -2.24. The second kappa shape index (κ2) is 7.64. The van der Waals surface area contributed by atoms with Gasteiger partial charge in [0.15, 0.2) is 0 Å². The van der Waals surface area contributed by atoms with Gasteiger partial charge in [-0.25, -0.2) is 22.2 Å². The van der Waals surface area contributed by atoms with E-state index >= 15 is 0 Å². The van der Waals surface area contributed by atoms with Crippen molar-refractivity contribution in [3.05, 3.63) is 24.7 Å². The molecule has 0 saturated carbocycles. The number of nitrogens with zero attached hydrogens (tertiary/aromatic N) is 5. The van der Waals surface area contributed by atoms with Gasteiger partial charge in [-0.15, -0.1) is 5.10 Å². The van der Waals surface area contributed by atoms with E-state index in [9.17, 15) is 8.42 Å². The molecule has 1 saturated heterocycles. The summed E-state index contributed by atoms with van der Waals surface area (Å²) in [6.07, 6.45) is 8.16. The van der Waals surface area contributed by atoms with Crippen LogP contribution >= 0.6 is 11.3 Å². The lowest BCUT2D eigenvalue weighted by molar-refractivity contribution is 0.283. The Labute approximate surface area is 167 Å². The molecule has 4 heterocycles. The Morgan fingerprint density at radius 1 is 1.29 bits per heavy atom. The lowest BCUT2D eigenvalue weighted by atomic mass is 9.98. The topological polar surface area (TPSA) is 102 Å². The molecule has 1 aliphatic heterocycles. The summed E-state index contributed by atoms with van der Waals surface area (Å²) in [6.45, 7) is 1.93. The highest BCUT2D eigenvalue weighted by atomic mass is 32.2. The number of sulfonamides is 1. The number of fused-ring (bicyclic) bond motifs is 1. The van der Waals surface area contributed by atoms with Crippen molar-refractivity contribution in [2.45, 2.75) is 12.8 Å². The number of hydrogen-bond acceptors (Lipinski definition) is 8. The zero-order chi connectivity index (χ0) is 19.7. The number of piperidine rings is 1. The van der Waals surface area contributed by atoms with Crippen molar-refractivity contribution in [2.24, 2.45) is 5.92 Å². The van der Waals surface area contributed by atoms with Crippen molar-refractivity contribution in [3.63, 3.8) is 0 Å². The van der Waals surface area contributed by atoms with Crippen LogP contribution < -0.4 is 10.1 Å². The highest BCUT2D eigenvalue weighted by molar-refractivity contribution is 7.88. The molecule has 28 heavy (non-hydrogen) atoms. The Balaban J connectivity index is 1.43. The smallest absolute Gasteiger partial charge is 0.214 e. The largest absolute Gasteiger partial charge is 0.495 e. The predicted molar refractivity (Wildman–Crippen MR) is 108 cm³/mol. The highest BCUT2D eigenvalue weighted by Crippen LogP contribution is 2.28. The molecule has 4 rings (SSSR count). The summed E-state index contributed by atoms with van der Waals surface area (Å²) >= 11 is 1.49. The van der Waals surface area contributed by atoms with E-state index in [0.29, 0.717) is 24.8 Å². The van der Waals surface area contributed by atoms with Crippen molar-refractivity contribution in [2.75, 3.05) is 38.3 Å². The van der Waals surface area contributed by atoms with E-state index in [0.717, 1.165) is 40.7 Å². The predicted octanol–water partition coefficient (Wildman–Crippen LogP) is 1.94. The standard InChI is InChI=1S/C17H22N6O3S2/c1-26-14-7-13(9-18-10-14)15-11-20-17-23(15)21-16(27-17)19-8-12-3-5-22(6-4-12)28(2,24)25/h7,9-12H,3-6,8H2,1-2H3,(H,19,21). The number of ether oxygens (including phenoxy) is 1. The number of pyridine rings is 1. The molecule has 1 fully saturated rings. The molecule has 0 amide bonds. The number of methoxy groups -OCH3 is 1. The molecule has 0 spiro atoms. The fourth-order valence-electron chi connectivity index (χ4n) is 3.31. The third-order valence-corrected chi connectivity index (χ3v) is 7.10. The molecule has 3 aromatic heterocycles. The third kappa shape index (κ3) is 3.96. The SMILES string of the molecule is COc1cncc(-c2cnc3sc(NCC4CCN(S(C)(=O)=O)CC4)nn23)c1. The second-order valence-electron chi connectivity index (χ2n) is 6.84. The Morgan fingerprint density at radius 3 is 2.79 bits per heavy atom. The zero-order valence-electron chi connectivity index (χ0n) is 15.7. The van der Waals surface area contributed by atoms with E-state index in [1.165, 1.54) is 17.6 Å². The van der Waals surface area contributed by atoms with Gasteiger partial charge in [0.1, 0.15) is 5.75 Å². The Morgan fingerprint density at radius 2 is 2.07 bits per heavy atom. The van der Waals surface area contributed by atoms with Crippen LogP contribution in [-0.4, -0.2) is 65.3 Å². The number of imidazole rings is 1. The first kappa shape index (κ1) is 19.1. The first-order chi connectivity index (χ1) is 13.4. The maximum absolute atomic E-state index is 11.6. The fraction of sp³-hybridized carbons (Fsp3) is 0.471. The maximum atomic E-state index is 11.6. The van der Waals surface area contributed by atoms with Crippen molar-refractivity contribution in [3.8, 4) is 17.0 Å². The fourth-order valence-corrected chi connectivity index (χ4v) is 4.96. The van der Waals surface area contributed by atoms with E-state index in [-0.39, 0.29) is 0 Å². The van der Waals surface area contributed by atoms with Crippen LogP contribution in [-0.2, 0) is 10.0 Å². The van der Waals surface area contributed by atoms with Crippen molar-refractivity contribution in [1.29, 1.82) is 0 Å². The van der Waals surface area contributed by atoms with Crippen LogP contribution in [0.5, 0.6) is 5.75 Å². The van der Waals surface area contributed by atoms with Gasteiger partial charge in [0.2, 0.25) is 20.1 Å². The van der Waals surface area contributed by atoms with Crippen molar-refractivity contribution >= 4 is 31.5 Å². The zero-order valence-corrected chi connectivity index (χ0v) is 17.3. The summed E-state index contributed by atoms with van der Waals surface area (Å²) in [4.78, 5) is 9.43. The molecule has 1 aliphatic rings. The highest BCUT2D eigenvalue weighted by Gasteiger charge is 2.25. The summed E-state index contributed by atoms with van der Waals surface area (Å²) in [5.74, 6) is 1.11. The number of aromatic nitrogens is 4. The molecule has 9 nitrogen and oxygen atoms in total. The van der Waals surface area contributed by atoms with Crippen molar-refractivity contribution < 1.29 is 13.2 Å². The van der Waals surface area contributed by atoms with Gasteiger partial charge in [-0.3, -0.25) is 4.98 Å². The summed E-state index contributed by atoms with van der Waals surface area (Å²) < 4.78 is 31.8. The molecule has 0 bridgehead atoms. The molecule has 150 valence electrons. The van der Waals surface area contributed by atoms with E-state index in [1.54, 1.807) is 34.5 Å².